The highest BCUT2D eigenvalue weighted by Crippen LogP contribution is 2.24. The molecular weight excluding hydrogens is 348 g/mol. The van der Waals surface area contributed by atoms with Crippen LogP contribution >= 0.6 is 0 Å². The van der Waals surface area contributed by atoms with Crippen LogP contribution in [0.15, 0.2) is 47.1 Å². The number of hydrogen-bond acceptors (Lipinski definition) is 4. The van der Waals surface area contributed by atoms with Gasteiger partial charge in [-0.2, -0.15) is 0 Å². The molecule has 1 N–H and O–H groups in total. The highest BCUT2D eigenvalue weighted by atomic mass is 32.2. The van der Waals surface area contributed by atoms with E-state index in [2.05, 4.69) is 10.2 Å². The van der Waals surface area contributed by atoms with Crippen LogP contribution in [0.2, 0.25) is 0 Å². The Morgan fingerprint density at radius 2 is 2.04 bits per heavy atom. The molecule has 0 aliphatic carbocycles. The smallest absolute Gasteiger partial charge is 0.251 e. The predicted molar refractivity (Wildman–Crippen MR) is 103 cm³/mol. The van der Waals surface area contributed by atoms with Gasteiger partial charge in [0, 0.05) is 34.9 Å². The van der Waals surface area contributed by atoms with Crippen LogP contribution in [-0.2, 0) is 16.6 Å². The summed E-state index contributed by atoms with van der Waals surface area (Å²) < 4.78 is 17.0. The molecule has 5 nitrogen and oxygen atoms in total. The summed E-state index contributed by atoms with van der Waals surface area (Å²) in [5, 5.41) is 3.05. The summed E-state index contributed by atoms with van der Waals surface area (Å²) in [4.78, 5) is 15.0. The Bertz CT molecular complexity index is 739. The maximum Gasteiger partial charge on any atom is 0.251 e. The number of furan rings is 1. The van der Waals surface area contributed by atoms with E-state index in [9.17, 15) is 9.00 Å². The summed E-state index contributed by atoms with van der Waals surface area (Å²) in [7, 11) is -0.924. The normalized spacial score (nSPS) is 17.6. The maximum absolute atomic E-state index is 12.6. The number of piperidine rings is 1. The lowest BCUT2D eigenvalue weighted by atomic mass is 10.1. The number of amides is 1. The van der Waals surface area contributed by atoms with Crippen LogP contribution in [0.4, 0.5) is 0 Å². The second-order valence-electron chi connectivity index (χ2n) is 6.76. The fourth-order valence-corrected chi connectivity index (χ4v) is 4.10. The van der Waals surface area contributed by atoms with Crippen molar-refractivity contribution in [2.75, 3.05) is 25.9 Å². The molecule has 1 aliphatic heterocycles. The Morgan fingerprint density at radius 1 is 1.23 bits per heavy atom. The molecule has 140 valence electrons. The minimum atomic E-state index is -0.924. The van der Waals surface area contributed by atoms with Gasteiger partial charge in [0.1, 0.15) is 5.76 Å². The molecule has 0 spiro atoms. The molecule has 2 atom stereocenters. The zero-order chi connectivity index (χ0) is 18.4. The first-order valence-electron chi connectivity index (χ1n) is 9.08. The minimum Gasteiger partial charge on any atom is -0.468 e. The van der Waals surface area contributed by atoms with Gasteiger partial charge in [-0.25, -0.2) is 0 Å². The molecule has 1 saturated heterocycles. The average molecular weight is 375 g/mol. The molecule has 1 amide bonds. The SMILES string of the molecule is CS(=O)Cc1cccc(C(=O)NCC(c2ccco2)N2CCCCC2)c1. The summed E-state index contributed by atoms with van der Waals surface area (Å²) in [6, 6.07) is 11.3. The van der Waals surface area contributed by atoms with Crippen molar-refractivity contribution in [3.8, 4) is 0 Å². The number of nitrogens with one attached hydrogen (secondary N) is 1. The van der Waals surface area contributed by atoms with E-state index in [4.69, 9.17) is 4.42 Å². The molecule has 1 aliphatic rings. The zero-order valence-electron chi connectivity index (χ0n) is 15.1. The van der Waals surface area contributed by atoms with Crippen molar-refractivity contribution in [2.45, 2.75) is 31.1 Å². The van der Waals surface area contributed by atoms with Crippen molar-refractivity contribution in [2.24, 2.45) is 0 Å². The number of benzene rings is 1. The quantitative estimate of drug-likeness (QED) is 0.809. The lowest BCUT2D eigenvalue weighted by Gasteiger charge is -2.33. The summed E-state index contributed by atoms with van der Waals surface area (Å²) in [6.45, 7) is 2.56. The second-order valence-corrected chi connectivity index (χ2v) is 8.19. The third kappa shape index (κ3) is 5.05. The first-order valence-corrected chi connectivity index (χ1v) is 10.8. The largest absolute Gasteiger partial charge is 0.468 e. The molecule has 3 rings (SSSR count). The Morgan fingerprint density at radius 3 is 2.73 bits per heavy atom. The van der Waals surface area contributed by atoms with E-state index < -0.39 is 10.8 Å². The number of hydrogen-bond donors (Lipinski definition) is 1. The van der Waals surface area contributed by atoms with Crippen molar-refractivity contribution < 1.29 is 13.4 Å². The molecule has 2 heterocycles. The highest BCUT2D eigenvalue weighted by molar-refractivity contribution is 7.83. The van der Waals surface area contributed by atoms with Gasteiger partial charge >= 0.3 is 0 Å². The van der Waals surface area contributed by atoms with Gasteiger partial charge in [-0.3, -0.25) is 13.9 Å². The maximum atomic E-state index is 12.6. The molecule has 6 heteroatoms. The van der Waals surface area contributed by atoms with Gasteiger partial charge < -0.3 is 9.73 Å². The van der Waals surface area contributed by atoms with E-state index in [0.29, 0.717) is 17.9 Å². The van der Waals surface area contributed by atoms with E-state index in [1.165, 1.54) is 19.3 Å². The lowest BCUT2D eigenvalue weighted by Crippen LogP contribution is -2.40. The molecule has 2 aromatic rings. The summed E-state index contributed by atoms with van der Waals surface area (Å²) >= 11 is 0. The van der Waals surface area contributed by atoms with Crippen molar-refractivity contribution in [3.05, 3.63) is 59.5 Å². The molecule has 0 saturated carbocycles. The molecule has 0 radical (unpaired) electrons. The van der Waals surface area contributed by atoms with Crippen LogP contribution in [0.5, 0.6) is 0 Å². The second kappa shape index (κ2) is 9.14. The summed E-state index contributed by atoms with van der Waals surface area (Å²) in [6.07, 6.45) is 6.98. The topological polar surface area (TPSA) is 62.6 Å². The van der Waals surface area contributed by atoms with E-state index >= 15 is 0 Å². The van der Waals surface area contributed by atoms with Crippen LogP contribution in [0.1, 0.15) is 47.0 Å². The standard InChI is InChI=1S/C20H26N2O3S/c1-26(24)15-16-7-5-8-17(13-16)20(23)21-14-18(19-9-6-12-25-19)22-10-3-2-4-11-22/h5-9,12-13,18H,2-4,10-11,14-15H2,1H3,(H,21,23). The zero-order valence-corrected chi connectivity index (χ0v) is 16.0. The Hall–Kier alpha value is -1.92. The fraction of sp³-hybridized carbons (Fsp3) is 0.450. The Kier molecular flexibility index (Phi) is 6.63. The molecule has 1 aromatic heterocycles. The van der Waals surface area contributed by atoms with Crippen LogP contribution in [-0.4, -0.2) is 40.9 Å². The minimum absolute atomic E-state index is 0.0561. The van der Waals surface area contributed by atoms with Gasteiger partial charge in [-0.05, 0) is 55.8 Å². The number of carbonyl (C=O) groups is 1. The third-order valence-corrected chi connectivity index (χ3v) is 5.46. The van der Waals surface area contributed by atoms with Gasteiger partial charge in [0.2, 0.25) is 0 Å². The average Bonchev–Trinajstić information content (AvgIpc) is 3.17. The molecule has 1 aromatic carbocycles. The predicted octanol–water partition coefficient (Wildman–Crippen LogP) is 3.12. The van der Waals surface area contributed by atoms with Gasteiger partial charge in [-0.1, -0.05) is 18.6 Å². The van der Waals surface area contributed by atoms with Crippen LogP contribution in [0.25, 0.3) is 0 Å². The summed E-state index contributed by atoms with van der Waals surface area (Å²) in [5.74, 6) is 1.24. The van der Waals surface area contributed by atoms with Gasteiger partial charge in [0.15, 0.2) is 0 Å². The van der Waals surface area contributed by atoms with Crippen molar-refractivity contribution >= 4 is 16.7 Å². The van der Waals surface area contributed by atoms with E-state index in [1.54, 1.807) is 18.6 Å². The van der Waals surface area contributed by atoms with E-state index in [1.807, 2.05) is 30.3 Å². The van der Waals surface area contributed by atoms with Gasteiger partial charge in [0.25, 0.3) is 5.91 Å². The van der Waals surface area contributed by atoms with Gasteiger partial charge in [-0.15, -0.1) is 0 Å². The van der Waals surface area contributed by atoms with Crippen LogP contribution in [0, 0.1) is 0 Å². The van der Waals surface area contributed by atoms with E-state index in [-0.39, 0.29) is 11.9 Å². The van der Waals surface area contributed by atoms with E-state index in [0.717, 1.165) is 24.4 Å². The fourth-order valence-electron chi connectivity index (χ4n) is 3.45. The molecular formula is C20H26N2O3S. The number of likely N-dealkylation sites (tertiary alicyclic amines) is 1. The number of nitrogens with zero attached hydrogens (tertiary/aromatic N) is 1. The highest BCUT2D eigenvalue weighted by Gasteiger charge is 2.25. The van der Waals surface area contributed by atoms with Crippen LogP contribution in [0.3, 0.4) is 0 Å². The summed E-state index contributed by atoms with van der Waals surface area (Å²) in [5.41, 5.74) is 1.52. The molecule has 26 heavy (non-hydrogen) atoms. The molecule has 1 fully saturated rings. The Labute approximate surface area is 157 Å². The van der Waals surface area contributed by atoms with Crippen molar-refractivity contribution in [1.82, 2.24) is 10.2 Å². The lowest BCUT2D eigenvalue weighted by molar-refractivity contribution is 0.0914. The number of carbonyl (C=O) groups excluding carboxylic acids is 1. The monoisotopic (exact) mass is 374 g/mol. The van der Waals surface area contributed by atoms with Crippen molar-refractivity contribution in [3.63, 3.8) is 0 Å². The molecule has 2 unspecified atom stereocenters. The first kappa shape index (κ1) is 18.9. The van der Waals surface area contributed by atoms with Crippen molar-refractivity contribution in [1.29, 1.82) is 0 Å². The van der Waals surface area contributed by atoms with Gasteiger partial charge in [0.05, 0.1) is 12.3 Å². The van der Waals surface area contributed by atoms with Crippen LogP contribution < -0.4 is 5.32 Å². The first-order chi connectivity index (χ1) is 12.6. The third-order valence-electron chi connectivity index (χ3n) is 4.72. The Balaban J connectivity index is 1.66. The number of rotatable bonds is 7. The molecule has 0 bridgehead atoms.